The van der Waals surface area contributed by atoms with E-state index in [4.69, 9.17) is 28.2 Å². The number of benzene rings is 8. The molecular formula is C51H29N3O3. The van der Waals surface area contributed by atoms with E-state index in [1.807, 2.05) is 115 Å². The van der Waals surface area contributed by atoms with Gasteiger partial charge in [-0.3, -0.25) is 0 Å². The quantitative estimate of drug-likeness (QED) is 0.175. The molecule has 0 aliphatic rings. The summed E-state index contributed by atoms with van der Waals surface area (Å²) in [7, 11) is 0. The first kappa shape index (κ1) is 31.5. The number of para-hydroxylation sites is 3. The summed E-state index contributed by atoms with van der Waals surface area (Å²) >= 11 is 0. The zero-order chi connectivity index (χ0) is 37.5. The maximum Gasteiger partial charge on any atom is 0.167 e. The van der Waals surface area contributed by atoms with Crippen molar-refractivity contribution in [2.75, 3.05) is 0 Å². The molecule has 0 aliphatic carbocycles. The van der Waals surface area contributed by atoms with E-state index in [-0.39, 0.29) is 0 Å². The van der Waals surface area contributed by atoms with E-state index >= 15 is 0 Å². The van der Waals surface area contributed by atoms with Crippen molar-refractivity contribution in [3.8, 4) is 56.4 Å². The Labute approximate surface area is 325 Å². The Bertz CT molecular complexity index is 3470. The van der Waals surface area contributed by atoms with Crippen LogP contribution in [0.3, 0.4) is 0 Å². The van der Waals surface area contributed by atoms with Crippen LogP contribution in [0.25, 0.3) is 122 Å². The van der Waals surface area contributed by atoms with Gasteiger partial charge in [0.2, 0.25) is 0 Å². The Morgan fingerprint density at radius 1 is 0.281 bits per heavy atom. The first-order valence-corrected chi connectivity index (χ1v) is 18.9. The molecule has 0 N–H and O–H groups in total. The van der Waals surface area contributed by atoms with Crippen LogP contribution in [0.5, 0.6) is 0 Å². The lowest BCUT2D eigenvalue weighted by Crippen LogP contribution is -2.00. The molecular weight excluding hydrogens is 703 g/mol. The van der Waals surface area contributed by atoms with Gasteiger partial charge in [-0.2, -0.15) is 0 Å². The molecule has 6 heteroatoms. The van der Waals surface area contributed by atoms with Crippen LogP contribution in [0.4, 0.5) is 0 Å². The Balaban J connectivity index is 1.07. The van der Waals surface area contributed by atoms with Crippen LogP contribution in [-0.4, -0.2) is 15.0 Å². The van der Waals surface area contributed by atoms with E-state index in [9.17, 15) is 0 Å². The Kier molecular flexibility index (Phi) is 6.83. The molecule has 0 amide bonds. The molecule has 0 aliphatic heterocycles. The molecule has 57 heavy (non-hydrogen) atoms. The summed E-state index contributed by atoms with van der Waals surface area (Å²) in [5, 5.41) is 6.27. The van der Waals surface area contributed by atoms with Crippen LogP contribution in [0.2, 0.25) is 0 Å². The highest BCUT2D eigenvalue weighted by Gasteiger charge is 2.23. The van der Waals surface area contributed by atoms with Gasteiger partial charge in [0, 0.05) is 49.0 Å². The van der Waals surface area contributed by atoms with Gasteiger partial charge in [-0.1, -0.05) is 133 Å². The Hall–Kier alpha value is -7.83. The minimum Gasteiger partial charge on any atom is -0.456 e. The Morgan fingerprint density at radius 3 is 1.61 bits per heavy atom. The summed E-state index contributed by atoms with van der Waals surface area (Å²) in [6.45, 7) is 0. The second-order valence-corrected chi connectivity index (χ2v) is 14.3. The minimum atomic E-state index is 0.541. The molecule has 0 bridgehead atoms. The fourth-order valence-electron chi connectivity index (χ4n) is 8.35. The smallest absolute Gasteiger partial charge is 0.167 e. The zero-order valence-corrected chi connectivity index (χ0v) is 30.3. The van der Waals surface area contributed by atoms with Gasteiger partial charge in [0.05, 0.1) is 5.56 Å². The van der Waals surface area contributed by atoms with Crippen molar-refractivity contribution in [1.82, 2.24) is 15.0 Å². The van der Waals surface area contributed by atoms with Crippen molar-refractivity contribution < 1.29 is 13.3 Å². The fraction of sp³-hybridized carbons (Fsp3) is 0. The number of hydrogen-bond donors (Lipinski definition) is 0. The summed E-state index contributed by atoms with van der Waals surface area (Å²) in [5.74, 6) is 1.74. The number of hydrogen-bond acceptors (Lipinski definition) is 6. The van der Waals surface area contributed by atoms with E-state index in [2.05, 4.69) is 60.7 Å². The number of aromatic nitrogens is 3. The Morgan fingerprint density at radius 2 is 0.842 bits per heavy atom. The molecule has 0 atom stereocenters. The number of rotatable bonds is 5. The predicted octanol–water partition coefficient (Wildman–Crippen LogP) is 13.9. The topological polar surface area (TPSA) is 78.1 Å². The second kappa shape index (κ2) is 12.3. The van der Waals surface area contributed by atoms with Crippen molar-refractivity contribution in [1.29, 1.82) is 0 Å². The van der Waals surface area contributed by atoms with Crippen LogP contribution in [-0.2, 0) is 0 Å². The van der Waals surface area contributed by atoms with Crippen LogP contribution in [0, 0.1) is 0 Å². The van der Waals surface area contributed by atoms with Gasteiger partial charge in [-0.15, -0.1) is 0 Å². The number of furan rings is 3. The molecule has 266 valence electrons. The first-order valence-electron chi connectivity index (χ1n) is 18.9. The fourth-order valence-corrected chi connectivity index (χ4v) is 8.35. The van der Waals surface area contributed by atoms with Gasteiger partial charge in [0.15, 0.2) is 17.5 Å². The maximum absolute atomic E-state index is 6.80. The second-order valence-electron chi connectivity index (χ2n) is 14.3. The van der Waals surface area contributed by atoms with E-state index < -0.39 is 0 Å². The molecule has 0 saturated carbocycles. The van der Waals surface area contributed by atoms with Crippen molar-refractivity contribution in [3.05, 3.63) is 176 Å². The van der Waals surface area contributed by atoms with Crippen molar-refractivity contribution >= 4 is 65.8 Å². The van der Waals surface area contributed by atoms with Gasteiger partial charge in [0.1, 0.15) is 33.5 Å². The number of nitrogens with zero attached hydrogens (tertiary/aromatic N) is 3. The van der Waals surface area contributed by atoms with Crippen LogP contribution in [0.15, 0.2) is 189 Å². The van der Waals surface area contributed by atoms with E-state index in [1.54, 1.807) is 0 Å². The highest BCUT2D eigenvalue weighted by molar-refractivity contribution is 6.21. The molecule has 4 heterocycles. The van der Waals surface area contributed by atoms with E-state index in [0.29, 0.717) is 23.1 Å². The molecule has 12 aromatic rings. The largest absolute Gasteiger partial charge is 0.456 e. The standard InChI is InChI=1S/C51H29N3O3/c1-3-13-30(14-4-1)49-52-50(31-15-5-2-6-16-31)54-51(53-49)40-21-11-20-39-45-36(19-12-24-43(45)57-47(39)40)37-28-27-33(46-38-18-8-10-23-42(38)56-48(37)46)32-25-26-35-34-17-7-9-22-41(34)55-44(35)29-32/h1-29H. The van der Waals surface area contributed by atoms with Gasteiger partial charge >= 0.3 is 0 Å². The monoisotopic (exact) mass is 731 g/mol. The van der Waals surface area contributed by atoms with Crippen molar-refractivity contribution in [2.24, 2.45) is 0 Å². The molecule has 0 fully saturated rings. The normalized spacial score (nSPS) is 11.9. The maximum atomic E-state index is 6.80. The van der Waals surface area contributed by atoms with Gasteiger partial charge in [-0.05, 0) is 59.2 Å². The molecule has 0 spiro atoms. The average molecular weight is 732 g/mol. The summed E-state index contributed by atoms with van der Waals surface area (Å²) in [6.07, 6.45) is 0. The minimum absolute atomic E-state index is 0.541. The van der Waals surface area contributed by atoms with Gasteiger partial charge in [0.25, 0.3) is 0 Å². The van der Waals surface area contributed by atoms with Gasteiger partial charge in [-0.25, -0.2) is 15.0 Å². The van der Waals surface area contributed by atoms with Crippen molar-refractivity contribution in [3.63, 3.8) is 0 Å². The number of fused-ring (bicyclic) bond motifs is 9. The van der Waals surface area contributed by atoms with Crippen molar-refractivity contribution in [2.45, 2.75) is 0 Å². The molecule has 4 aromatic heterocycles. The summed E-state index contributed by atoms with van der Waals surface area (Å²) < 4.78 is 19.9. The lowest BCUT2D eigenvalue weighted by atomic mass is 9.92. The third-order valence-corrected chi connectivity index (χ3v) is 11.0. The van der Waals surface area contributed by atoms with Crippen LogP contribution in [0.1, 0.15) is 0 Å². The molecule has 12 rings (SSSR count). The summed E-state index contributed by atoms with van der Waals surface area (Å²) in [5.41, 5.74) is 11.6. The molecule has 6 nitrogen and oxygen atoms in total. The lowest BCUT2D eigenvalue weighted by molar-refractivity contribution is 0.668. The van der Waals surface area contributed by atoms with Crippen LogP contribution >= 0.6 is 0 Å². The van der Waals surface area contributed by atoms with E-state index in [0.717, 1.165) is 99.2 Å². The third-order valence-electron chi connectivity index (χ3n) is 11.0. The summed E-state index contributed by atoms with van der Waals surface area (Å²) in [4.78, 5) is 15.0. The van der Waals surface area contributed by atoms with E-state index in [1.165, 1.54) is 0 Å². The average Bonchev–Trinajstić information content (AvgIpc) is 3.98. The lowest BCUT2D eigenvalue weighted by Gasteiger charge is -2.10. The molecule has 0 unspecified atom stereocenters. The molecule has 8 aromatic carbocycles. The zero-order valence-electron chi connectivity index (χ0n) is 30.3. The SMILES string of the molecule is c1ccc(-c2nc(-c3ccccc3)nc(-c3cccc4c3oc3cccc(-c5ccc(-c6ccc7c(c6)oc6ccccc67)c6c5oc5ccccc56)c34)n2)cc1. The third kappa shape index (κ3) is 4.94. The molecule has 0 saturated heterocycles. The predicted molar refractivity (Wildman–Crippen MR) is 229 cm³/mol. The summed E-state index contributed by atoms with van der Waals surface area (Å²) in [6, 6.07) is 59.7. The van der Waals surface area contributed by atoms with Crippen LogP contribution < -0.4 is 0 Å². The molecule has 0 radical (unpaired) electrons. The highest BCUT2D eigenvalue weighted by atomic mass is 16.3. The van der Waals surface area contributed by atoms with Gasteiger partial charge < -0.3 is 13.3 Å². The highest BCUT2D eigenvalue weighted by Crippen LogP contribution is 2.46. The first-order chi connectivity index (χ1) is 28.2.